The van der Waals surface area contributed by atoms with Gasteiger partial charge < -0.3 is 14.8 Å². The number of ether oxygens (including phenoxy) is 2. The van der Waals surface area contributed by atoms with E-state index in [2.05, 4.69) is 20.3 Å². The molecule has 0 spiro atoms. The highest BCUT2D eigenvalue weighted by molar-refractivity contribution is 5.39. The molecule has 2 aromatic rings. The number of hydrogen-bond donors (Lipinski definition) is 1. The zero-order valence-electron chi connectivity index (χ0n) is 12.7. The van der Waals surface area contributed by atoms with E-state index < -0.39 is 0 Å². The summed E-state index contributed by atoms with van der Waals surface area (Å²) in [5, 5.41) is 3.30. The zero-order valence-corrected chi connectivity index (χ0v) is 12.7. The van der Waals surface area contributed by atoms with Crippen molar-refractivity contribution >= 4 is 5.82 Å². The molecule has 1 aliphatic rings. The summed E-state index contributed by atoms with van der Waals surface area (Å²) in [4.78, 5) is 13.1. The molecule has 22 heavy (non-hydrogen) atoms. The van der Waals surface area contributed by atoms with Gasteiger partial charge in [-0.05, 0) is 31.4 Å². The Morgan fingerprint density at radius 2 is 2.36 bits per heavy atom. The summed E-state index contributed by atoms with van der Waals surface area (Å²) in [6, 6.07) is 5.75. The third kappa shape index (κ3) is 3.71. The predicted molar refractivity (Wildman–Crippen MR) is 82.7 cm³/mol. The smallest absolute Gasteiger partial charge is 0.218 e. The average Bonchev–Trinajstić information content (AvgIpc) is 3.09. The van der Waals surface area contributed by atoms with E-state index in [1.807, 2.05) is 31.3 Å². The van der Waals surface area contributed by atoms with Crippen molar-refractivity contribution in [2.24, 2.45) is 0 Å². The molecule has 0 saturated carbocycles. The van der Waals surface area contributed by atoms with Gasteiger partial charge in [-0.2, -0.15) is 4.98 Å². The summed E-state index contributed by atoms with van der Waals surface area (Å²) < 4.78 is 11.2. The Kier molecular flexibility index (Phi) is 4.80. The molecule has 1 unspecified atom stereocenters. The Bertz CT molecular complexity index is 600. The van der Waals surface area contributed by atoms with Gasteiger partial charge in [0.15, 0.2) is 5.82 Å². The van der Waals surface area contributed by atoms with E-state index in [9.17, 15) is 0 Å². The van der Waals surface area contributed by atoms with Gasteiger partial charge in [0.25, 0.3) is 0 Å². The summed E-state index contributed by atoms with van der Waals surface area (Å²) in [5.41, 5.74) is 1.10. The van der Waals surface area contributed by atoms with Gasteiger partial charge in [0, 0.05) is 31.6 Å². The summed E-state index contributed by atoms with van der Waals surface area (Å²) in [7, 11) is 0. The highest BCUT2D eigenvalue weighted by Crippen LogP contribution is 2.28. The molecule has 1 aliphatic heterocycles. The van der Waals surface area contributed by atoms with Crippen LogP contribution in [0.2, 0.25) is 0 Å². The van der Waals surface area contributed by atoms with Crippen LogP contribution in [0.5, 0.6) is 5.88 Å². The summed E-state index contributed by atoms with van der Waals surface area (Å²) >= 11 is 0. The van der Waals surface area contributed by atoms with Gasteiger partial charge in [0.05, 0.1) is 6.61 Å². The Labute approximate surface area is 129 Å². The van der Waals surface area contributed by atoms with Crippen LogP contribution in [-0.4, -0.2) is 28.2 Å². The monoisotopic (exact) mass is 300 g/mol. The van der Waals surface area contributed by atoms with Crippen molar-refractivity contribution in [1.82, 2.24) is 15.0 Å². The molecule has 1 saturated heterocycles. The second-order valence-electron chi connectivity index (χ2n) is 5.10. The molecule has 1 atom stereocenters. The van der Waals surface area contributed by atoms with Gasteiger partial charge in [-0.1, -0.05) is 6.07 Å². The molecule has 0 bridgehead atoms. The van der Waals surface area contributed by atoms with Gasteiger partial charge in [-0.15, -0.1) is 0 Å². The molecule has 0 amide bonds. The first kappa shape index (κ1) is 14.7. The molecule has 1 N–H and O–H groups in total. The van der Waals surface area contributed by atoms with E-state index in [0.717, 1.165) is 30.8 Å². The van der Waals surface area contributed by atoms with E-state index in [0.29, 0.717) is 24.9 Å². The molecule has 3 heterocycles. The summed E-state index contributed by atoms with van der Waals surface area (Å²) in [6.07, 6.45) is 5.57. The van der Waals surface area contributed by atoms with Crippen LogP contribution in [0, 0.1) is 0 Å². The molecule has 1 fully saturated rings. The Morgan fingerprint density at radius 3 is 3.09 bits per heavy atom. The standard InChI is InChI=1S/C16H20N4O2/c1-2-21-15-9-14(18-11-12-5-3-7-17-10-12)19-16(20-15)13-6-4-8-22-13/h3,5,7,9-10,13H,2,4,6,8,11H2,1H3,(H,18,19,20). The van der Waals surface area contributed by atoms with Crippen LogP contribution in [0.15, 0.2) is 30.6 Å². The van der Waals surface area contributed by atoms with Crippen LogP contribution >= 0.6 is 0 Å². The lowest BCUT2D eigenvalue weighted by atomic mass is 10.2. The number of nitrogens with one attached hydrogen (secondary N) is 1. The van der Waals surface area contributed by atoms with E-state index in [1.165, 1.54) is 0 Å². The first-order valence-corrected chi connectivity index (χ1v) is 7.61. The zero-order chi connectivity index (χ0) is 15.2. The first-order chi connectivity index (χ1) is 10.8. The lowest BCUT2D eigenvalue weighted by Gasteiger charge is -2.13. The third-order valence-electron chi connectivity index (χ3n) is 3.43. The molecular formula is C16H20N4O2. The molecular weight excluding hydrogens is 280 g/mol. The normalized spacial score (nSPS) is 17.4. The first-order valence-electron chi connectivity index (χ1n) is 7.61. The fraction of sp³-hybridized carbons (Fsp3) is 0.438. The van der Waals surface area contributed by atoms with Crippen LogP contribution in [-0.2, 0) is 11.3 Å². The van der Waals surface area contributed by atoms with Gasteiger partial charge in [-0.3, -0.25) is 4.98 Å². The van der Waals surface area contributed by atoms with Crippen molar-refractivity contribution in [3.8, 4) is 5.88 Å². The van der Waals surface area contributed by atoms with Gasteiger partial charge in [0.2, 0.25) is 5.88 Å². The lowest BCUT2D eigenvalue weighted by molar-refractivity contribution is 0.104. The predicted octanol–water partition coefficient (Wildman–Crippen LogP) is 2.73. The maximum atomic E-state index is 5.67. The average molecular weight is 300 g/mol. The highest BCUT2D eigenvalue weighted by atomic mass is 16.5. The van der Waals surface area contributed by atoms with Crippen LogP contribution in [0.3, 0.4) is 0 Å². The highest BCUT2D eigenvalue weighted by Gasteiger charge is 2.22. The number of nitrogens with zero attached hydrogens (tertiary/aromatic N) is 3. The van der Waals surface area contributed by atoms with E-state index in [1.54, 1.807) is 6.20 Å². The molecule has 0 radical (unpaired) electrons. The van der Waals surface area contributed by atoms with Crippen LogP contribution in [0.25, 0.3) is 0 Å². The van der Waals surface area contributed by atoms with Crippen molar-refractivity contribution in [1.29, 1.82) is 0 Å². The van der Waals surface area contributed by atoms with Crippen molar-refractivity contribution in [2.75, 3.05) is 18.5 Å². The minimum absolute atomic E-state index is 0.0284. The van der Waals surface area contributed by atoms with Crippen molar-refractivity contribution in [2.45, 2.75) is 32.4 Å². The summed E-state index contributed by atoms with van der Waals surface area (Å²) in [5.74, 6) is 2.02. The molecule has 3 rings (SSSR count). The fourth-order valence-electron chi connectivity index (χ4n) is 2.38. The van der Waals surface area contributed by atoms with E-state index in [4.69, 9.17) is 9.47 Å². The van der Waals surface area contributed by atoms with Crippen LogP contribution in [0.1, 0.15) is 37.3 Å². The Morgan fingerprint density at radius 1 is 1.41 bits per heavy atom. The van der Waals surface area contributed by atoms with Gasteiger partial charge in [-0.25, -0.2) is 4.98 Å². The second-order valence-corrected chi connectivity index (χ2v) is 5.10. The van der Waals surface area contributed by atoms with Crippen LogP contribution < -0.4 is 10.1 Å². The van der Waals surface area contributed by atoms with Gasteiger partial charge in [0.1, 0.15) is 11.9 Å². The Hall–Kier alpha value is -2.21. The van der Waals surface area contributed by atoms with Crippen LogP contribution in [0.4, 0.5) is 5.82 Å². The minimum atomic E-state index is -0.0284. The molecule has 0 aliphatic carbocycles. The molecule has 0 aromatic carbocycles. The Balaban J connectivity index is 1.76. The number of aromatic nitrogens is 3. The van der Waals surface area contributed by atoms with E-state index >= 15 is 0 Å². The quantitative estimate of drug-likeness (QED) is 0.884. The molecule has 116 valence electrons. The van der Waals surface area contributed by atoms with Crippen molar-refractivity contribution < 1.29 is 9.47 Å². The number of anilines is 1. The van der Waals surface area contributed by atoms with Crippen molar-refractivity contribution in [3.05, 3.63) is 42.0 Å². The number of rotatable bonds is 6. The third-order valence-corrected chi connectivity index (χ3v) is 3.43. The maximum Gasteiger partial charge on any atom is 0.218 e. The number of hydrogen-bond acceptors (Lipinski definition) is 6. The van der Waals surface area contributed by atoms with E-state index in [-0.39, 0.29) is 6.10 Å². The molecule has 6 heteroatoms. The molecule has 2 aromatic heterocycles. The lowest BCUT2D eigenvalue weighted by Crippen LogP contribution is -2.09. The summed E-state index contributed by atoms with van der Waals surface area (Å²) in [6.45, 7) is 3.94. The van der Waals surface area contributed by atoms with Gasteiger partial charge >= 0.3 is 0 Å². The molecule has 6 nitrogen and oxygen atoms in total. The maximum absolute atomic E-state index is 5.67. The number of pyridine rings is 1. The fourth-order valence-corrected chi connectivity index (χ4v) is 2.38. The minimum Gasteiger partial charge on any atom is -0.478 e. The SMILES string of the molecule is CCOc1cc(NCc2cccnc2)nc(C2CCCO2)n1. The topological polar surface area (TPSA) is 69.2 Å². The second kappa shape index (κ2) is 7.17. The van der Waals surface area contributed by atoms with Crippen molar-refractivity contribution in [3.63, 3.8) is 0 Å². The largest absolute Gasteiger partial charge is 0.478 e.